The van der Waals surface area contributed by atoms with Crippen molar-refractivity contribution >= 4 is 11.3 Å². The summed E-state index contributed by atoms with van der Waals surface area (Å²) in [6.45, 7) is 6.32. The van der Waals surface area contributed by atoms with Crippen molar-refractivity contribution in [2.45, 2.75) is 39.2 Å². The summed E-state index contributed by atoms with van der Waals surface area (Å²) in [5.74, 6) is 0. The van der Waals surface area contributed by atoms with Crippen LogP contribution in [-0.2, 0) is 6.42 Å². The van der Waals surface area contributed by atoms with Crippen LogP contribution in [0.5, 0.6) is 0 Å². The topological polar surface area (TPSA) is 26.0 Å². The van der Waals surface area contributed by atoms with E-state index < -0.39 is 0 Å². The summed E-state index contributed by atoms with van der Waals surface area (Å²) >= 11 is 1.78. The van der Waals surface area contributed by atoms with E-state index in [1.165, 1.54) is 11.1 Å². The molecule has 0 unspecified atom stereocenters. The lowest BCUT2D eigenvalue weighted by atomic mass is 9.96. The van der Waals surface area contributed by atoms with E-state index in [4.69, 9.17) is 5.73 Å². The van der Waals surface area contributed by atoms with Crippen molar-refractivity contribution in [1.82, 2.24) is 0 Å². The molecule has 1 rings (SSSR count). The van der Waals surface area contributed by atoms with Crippen LogP contribution in [0.2, 0.25) is 0 Å². The summed E-state index contributed by atoms with van der Waals surface area (Å²) in [7, 11) is 0. The molecule has 1 heterocycles. The Morgan fingerprint density at radius 1 is 1.42 bits per heavy atom. The number of aryl methyl sites for hydroxylation is 2. The van der Waals surface area contributed by atoms with Crippen molar-refractivity contribution in [3.05, 3.63) is 21.9 Å². The van der Waals surface area contributed by atoms with Gasteiger partial charge in [-0.3, -0.25) is 0 Å². The smallest absolute Gasteiger partial charge is 0.0100 e. The molecule has 1 aromatic heterocycles. The van der Waals surface area contributed by atoms with Crippen molar-refractivity contribution < 1.29 is 0 Å². The Morgan fingerprint density at radius 3 is 2.50 bits per heavy atom. The van der Waals surface area contributed by atoms with Gasteiger partial charge in [-0.25, -0.2) is 0 Å². The standard InChI is InChI=1S/C10H17NS/c1-8-6-12-7-9(8)4-5-10(2,3)11/h6-7H,4-5,11H2,1-3H3. The van der Waals surface area contributed by atoms with Crippen LogP contribution in [0, 0.1) is 6.92 Å². The van der Waals surface area contributed by atoms with Crippen LogP contribution in [0.25, 0.3) is 0 Å². The first-order chi connectivity index (χ1) is 5.49. The Bertz CT molecular complexity index is 245. The molecule has 12 heavy (non-hydrogen) atoms. The Balaban J connectivity index is 2.49. The van der Waals surface area contributed by atoms with Crippen molar-refractivity contribution in [1.29, 1.82) is 0 Å². The third-order valence-corrected chi connectivity index (χ3v) is 2.91. The molecule has 0 radical (unpaired) electrons. The molecule has 68 valence electrons. The number of thiophene rings is 1. The zero-order valence-electron chi connectivity index (χ0n) is 8.05. The molecule has 2 heteroatoms. The van der Waals surface area contributed by atoms with Gasteiger partial charge in [-0.2, -0.15) is 11.3 Å². The van der Waals surface area contributed by atoms with Crippen LogP contribution in [-0.4, -0.2) is 5.54 Å². The number of hydrogen-bond donors (Lipinski definition) is 1. The van der Waals surface area contributed by atoms with Crippen LogP contribution in [0.1, 0.15) is 31.4 Å². The molecule has 0 fully saturated rings. The molecule has 0 atom stereocenters. The zero-order valence-corrected chi connectivity index (χ0v) is 8.87. The second-order valence-corrected chi connectivity index (χ2v) is 4.81. The fraction of sp³-hybridized carbons (Fsp3) is 0.600. The summed E-state index contributed by atoms with van der Waals surface area (Å²) in [5, 5.41) is 4.42. The molecule has 0 aromatic carbocycles. The molecular formula is C10H17NS. The normalized spacial score (nSPS) is 12.0. The Labute approximate surface area is 78.6 Å². The maximum absolute atomic E-state index is 5.91. The molecule has 0 aliphatic rings. The second kappa shape index (κ2) is 3.58. The quantitative estimate of drug-likeness (QED) is 0.766. The van der Waals surface area contributed by atoms with Crippen LogP contribution in [0.15, 0.2) is 10.8 Å². The van der Waals surface area contributed by atoms with Gasteiger partial charge in [0.05, 0.1) is 0 Å². The van der Waals surface area contributed by atoms with Crippen molar-refractivity contribution in [2.75, 3.05) is 0 Å². The molecule has 2 N–H and O–H groups in total. The number of rotatable bonds is 3. The van der Waals surface area contributed by atoms with E-state index in [1.54, 1.807) is 11.3 Å². The first kappa shape index (κ1) is 9.75. The average Bonchev–Trinajstić information content (AvgIpc) is 2.29. The highest BCUT2D eigenvalue weighted by molar-refractivity contribution is 7.08. The third kappa shape index (κ3) is 2.95. The first-order valence-electron chi connectivity index (χ1n) is 4.29. The van der Waals surface area contributed by atoms with Gasteiger partial charge in [0.25, 0.3) is 0 Å². The highest BCUT2D eigenvalue weighted by atomic mass is 32.1. The lowest BCUT2D eigenvalue weighted by molar-refractivity contribution is 0.477. The van der Waals surface area contributed by atoms with Crippen LogP contribution in [0.4, 0.5) is 0 Å². The monoisotopic (exact) mass is 183 g/mol. The maximum atomic E-state index is 5.91. The number of hydrogen-bond acceptors (Lipinski definition) is 2. The fourth-order valence-electron chi connectivity index (χ4n) is 1.10. The van der Waals surface area contributed by atoms with Gasteiger partial charge in [-0.1, -0.05) is 0 Å². The summed E-state index contributed by atoms with van der Waals surface area (Å²) < 4.78 is 0. The van der Waals surface area contributed by atoms with Gasteiger partial charge >= 0.3 is 0 Å². The molecule has 0 spiro atoms. The van der Waals surface area contributed by atoms with Crippen LogP contribution in [0.3, 0.4) is 0 Å². The molecular weight excluding hydrogens is 166 g/mol. The van der Waals surface area contributed by atoms with E-state index >= 15 is 0 Å². The summed E-state index contributed by atoms with van der Waals surface area (Å²) in [4.78, 5) is 0. The van der Waals surface area contributed by atoms with Crippen molar-refractivity contribution in [2.24, 2.45) is 5.73 Å². The summed E-state index contributed by atoms with van der Waals surface area (Å²) in [6, 6.07) is 0. The van der Waals surface area contributed by atoms with Gasteiger partial charge in [-0.15, -0.1) is 0 Å². The van der Waals surface area contributed by atoms with E-state index in [2.05, 4.69) is 31.5 Å². The molecule has 0 bridgehead atoms. The summed E-state index contributed by atoms with van der Waals surface area (Å²) in [6.07, 6.45) is 2.17. The predicted octanol–water partition coefficient (Wildman–Crippen LogP) is 2.73. The van der Waals surface area contributed by atoms with E-state index in [-0.39, 0.29) is 5.54 Å². The Morgan fingerprint density at radius 2 is 2.08 bits per heavy atom. The summed E-state index contributed by atoms with van der Waals surface area (Å²) in [5.41, 5.74) is 8.74. The van der Waals surface area contributed by atoms with Crippen molar-refractivity contribution in [3.8, 4) is 0 Å². The van der Waals surface area contributed by atoms with Gasteiger partial charge in [0.2, 0.25) is 0 Å². The minimum atomic E-state index is -0.0334. The molecule has 1 aromatic rings. The molecule has 0 saturated heterocycles. The highest BCUT2D eigenvalue weighted by Crippen LogP contribution is 2.18. The first-order valence-corrected chi connectivity index (χ1v) is 5.24. The lowest BCUT2D eigenvalue weighted by Crippen LogP contribution is -2.32. The van der Waals surface area contributed by atoms with E-state index in [0.717, 1.165) is 12.8 Å². The maximum Gasteiger partial charge on any atom is 0.0100 e. The van der Waals surface area contributed by atoms with Crippen LogP contribution < -0.4 is 5.73 Å². The Kier molecular flexibility index (Phi) is 2.91. The second-order valence-electron chi connectivity index (χ2n) is 4.07. The SMILES string of the molecule is Cc1cscc1CCC(C)(C)N. The average molecular weight is 183 g/mol. The largest absolute Gasteiger partial charge is 0.326 e. The van der Waals surface area contributed by atoms with Crippen molar-refractivity contribution in [3.63, 3.8) is 0 Å². The van der Waals surface area contributed by atoms with Gasteiger partial charge in [0.15, 0.2) is 0 Å². The van der Waals surface area contributed by atoms with Gasteiger partial charge in [0, 0.05) is 5.54 Å². The van der Waals surface area contributed by atoms with E-state index in [9.17, 15) is 0 Å². The van der Waals surface area contributed by atoms with Gasteiger partial charge in [0.1, 0.15) is 0 Å². The number of nitrogens with two attached hydrogens (primary N) is 1. The third-order valence-electron chi connectivity index (χ3n) is 2.00. The molecule has 0 amide bonds. The van der Waals surface area contributed by atoms with E-state index in [0.29, 0.717) is 0 Å². The highest BCUT2D eigenvalue weighted by Gasteiger charge is 2.11. The van der Waals surface area contributed by atoms with Crippen LogP contribution >= 0.6 is 11.3 Å². The fourth-order valence-corrected chi connectivity index (χ4v) is 1.99. The van der Waals surface area contributed by atoms with Gasteiger partial charge in [-0.05, 0) is 55.5 Å². The zero-order chi connectivity index (χ0) is 9.19. The minimum absolute atomic E-state index is 0.0334. The van der Waals surface area contributed by atoms with Gasteiger partial charge < -0.3 is 5.73 Å². The lowest BCUT2D eigenvalue weighted by Gasteiger charge is -2.17. The van der Waals surface area contributed by atoms with E-state index in [1.807, 2.05) is 0 Å². The molecule has 0 saturated carbocycles. The predicted molar refractivity (Wildman–Crippen MR) is 55.6 cm³/mol. The Hall–Kier alpha value is -0.340. The molecule has 0 aliphatic heterocycles. The minimum Gasteiger partial charge on any atom is -0.326 e. The molecule has 1 nitrogen and oxygen atoms in total. The molecule has 0 aliphatic carbocycles.